The molecule has 2 saturated carbocycles. The number of furan rings is 1. The predicted octanol–water partition coefficient (Wildman–Crippen LogP) is 3.68. The number of hydrogen-bond acceptors (Lipinski definition) is 4. The van der Waals surface area contributed by atoms with Crippen LogP contribution in [0.5, 0.6) is 0 Å². The van der Waals surface area contributed by atoms with Crippen LogP contribution < -0.4 is 0 Å². The van der Waals surface area contributed by atoms with Crippen LogP contribution >= 0.6 is 0 Å². The van der Waals surface area contributed by atoms with Gasteiger partial charge in [0, 0.05) is 16.9 Å². The van der Waals surface area contributed by atoms with Crippen molar-refractivity contribution in [2.45, 2.75) is 69.7 Å². The van der Waals surface area contributed by atoms with Crippen LogP contribution in [0, 0.1) is 22.7 Å². The molecule has 0 spiro atoms. The summed E-state index contributed by atoms with van der Waals surface area (Å²) in [5, 5.41) is 33.8. The first-order chi connectivity index (χ1) is 12.7. The summed E-state index contributed by atoms with van der Waals surface area (Å²) >= 11 is 0. The molecule has 1 aromatic rings. The number of aliphatic hydroxyl groups is 3. The van der Waals surface area contributed by atoms with Gasteiger partial charge in [-0.3, -0.25) is 0 Å². The van der Waals surface area contributed by atoms with Crippen molar-refractivity contribution in [2.75, 3.05) is 0 Å². The number of allylic oxidation sites excluding steroid dienone is 2. The van der Waals surface area contributed by atoms with E-state index in [1.165, 1.54) is 5.57 Å². The molecule has 0 aliphatic heterocycles. The molecule has 0 radical (unpaired) electrons. The minimum absolute atomic E-state index is 0.00788. The molecule has 0 bridgehead atoms. The van der Waals surface area contributed by atoms with Gasteiger partial charge in [0.1, 0.15) is 5.60 Å². The predicted molar refractivity (Wildman–Crippen MR) is 102 cm³/mol. The fourth-order valence-corrected chi connectivity index (χ4v) is 7.09. The average Bonchev–Trinajstić information content (AvgIpc) is 3.24. The van der Waals surface area contributed by atoms with Gasteiger partial charge in [-0.2, -0.15) is 0 Å². The fourth-order valence-electron chi connectivity index (χ4n) is 7.09. The Kier molecular flexibility index (Phi) is 3.52. The average molecular weight is 370 g/mol. The van der Waals surface area contributed by atoms with E-state index in [4.69, 9.17) is 4.42 Å². The SMILES string of the molecule is C[C@]12CC[C@H]3[C@@H](C=CC4=C[C@@H](O)CC[C@@]43C)[C@@]1(O)CC[C@]2(O)c1ccoc1. The lowest BCUT2D eigenvalue weighted by Crippen LogP contribution is -2.62. The highest BCUT2D eigenvalue weighted by atomic mass is 16.3. The summed E-state index contributed by atoms with van der Waals surface area (Å²) in [5.74, 6) is 0.362. The summed E-state index contributed by atoms with van der Waals surface area (Å²) in [6.07, 6.45) is 13.8. The molecule has 0 amide bonds. The maximum atomic E-state index is 12.0. The molecule has 3 N–H and O–H groups in total. The molecule has 0 saturated heterocycles. The minimum atomic E-state index is -1.06. The largest absolute Gasteiger partial charge is 0.472 e. The van der Waals surface area contributed by atoms with E-state index in [1.54, 1.807) is 12.5 Å². The first kappa shape index (κ1) is 17.7. The van der Waals surface area contributed by atoms with E-state index >= 15 is 0 Å². The summed E-state index contributed by atoms with van der Waals surface area (Å²) in [6.45, 7) is 4.37. The highest BCUT2D eigenvalue weighted by Crippen LogP contribution is 2.70. The minimum Gasteiger partial charge on any atom is -0.472 e. The van der Waals surface area contributed by atoms with Crippen molar-refractivity contribution in [1.82, 2.24) is 0 Å². The highest BCUT2D eigenvalue weighted by Gasteiger charge is 2.71. The quantitative estimate of drug-likeness (QED) is 0.705. The highest BCUT2D eigenvalue weighted by molar-refractivity contribution is 5.39. The van der Waals surface area contributed by atoms with E-state index in [0.717, 1.165) is 31.2 Å². The van der Waals surface area contributed by atoms with Gasteiger partial charge in [-0.25, -0.2) is 0 Å². The van der Waals surface area contributed by atoms with E-state index in [0.29, 0.717) is 18.8 Å². The molecule has 1 heterocycles. The molecular formula is C23H30O4. The molecule has 27 heavy (non-hydrogen) atoms. The second-order valence-corrected chi connectivity index (χ2v) is 9.80. The number of hydrogen-bond donors (Lipinski definition) is 3. The van der Waals surface area contributed by atoms with Crippen LogP contribution in [0.25, 0.3) is 0 Å². The Labute approximate surface area is 160 Å². The molecule has 5 rings (SSSR count). The zero-order chi connectivity index (χ0) is 19.1. The monoisotopic (exact) mass is 370 g/mol. The second-order valence-electron chi connectivity index (χ2n) is 9.80. The van der Waals surface area contributed by atoms with Crippen LogP contribution in [0.15, 0.2) is 46.8 Å². The Morgan fingerprint density at radius 2 is 1.89 bits per heavy atom. The lowest BCUT2D eigenvalue weighted by molar-refractivity contribution is -0.206. The Hall–Kier alpha value is -1.36. The van der Waals surface area contributed by atoms with Gasteiger partial charge in [0.15, 0.2) is 0 Å². The third kappa shape index (κ3) is 1.99. The van der Waals surface area contributed by atoms with Crippen molar-refractivity contribution in [3.8, 4) is 0 Å². The number of rotatable bonds is 1. The standard InChI is InChI=1S/C23H30O4/c1-20-8-5-17(24)13-15(20)3-4-19-18(20)6-9-21(2)22(25,10-11-23(19,21)26)16-7-12-27-14-16/h3-4,7,12-14,17-19,24-26H,5-6,8-11H2,1-2H3/t17-,18-,19+,20-,21+,22-,23-/m0/s1. The van der Waals surface area contributed by atoms with Gasteiger partial charge >= 0.3 is 0 Å². The summed E-state index contributed by atoms with van der Waals surface area (Å²) in [5.41, 5.74) is -0.617. The molecule has 7 atom stereocenters. The molecule has 0 aromatic carbocycles. The number of aliphatic hydroxyl groups excluding tert-OH is 1. The van der Waals surface area contributed by atoms with Gasteiger partial charge in [-0.15, -0.1) is 0 Å². The van der Waals surface area contributed by atoms with Crippen LogP contribution in [0.2, 0.25) is 0 Å². The Morgan fingerprint density at radius 1 is 1.07 bits per heavy atom. The first-order valence-corrected chi connectivity index (χ1v) is 10.3. The summed E-state index contributed by atoms with van der Waals surface area (Å²) in [4.78, 5) is 0. The third-order valence-electron chi connectivity index (χ3n) is 8.97. The van der Waals surface area contributed by atoms with Crippen molar-refractivity contribution in [3.05, 3.63) is 48.0 Å². The van der Waals surface area contributed by atoms with Gasteiger partial charge in [-0.05, 0) is 61.5 Å². The zero-order valence-electron chi connectivity index (χ0n) is 16.2. The normalized spacial score (nSPS) is 51.3. The van der Waals surface area contributed by atoms with E-state index in [9.17, 15) is 15.3 Å². The first-order valence-electron chi connectivity index (χ1n) is 10.3. The summed E-state index contributed by atoms with van der Waals surface area (Å²) in [7, 11) is 0. The molecular weight excluding hydrogens is 340 g/mol. The lowest BCUT2D eigenvalue weighted by atomic mass is 9.46. The Balaban J connectivity index is 1.60. The Morgan fingerprint density at radius 3 is 2.63 bits per heavy atom. The molecule has 4 aliphatic carbocycles. The van der Waals surface area contributed by atoms with Crippen molar-refractivity contribution in [1.29, 1.82) is 0 Å². The van der Waals surface area contributed by atoms with E-state index in [1.807, 2.05) is 12.1 Å². The topological polar surface area (TPSA) is 73.8 Å². The van der Waals surface area contributed by atoms with Gasteiger partial charge in [0.05, 0.1) is 24.2 Å². The van der Waals surface area contributed by atoms with Crippen molar-refractivity contribution < 1.29 is 19.7 Å². The van der Waals surface area contributed by atoms with Crippen molar-refractivity contribution in [3.63, 3.8) is 0 Å². The van der Waals surface area contributed by atoms with E-state index in [-0.39, 0.29) is 17.4 Å². The van der Waals surface area contributed by atoms with Crippen LogP contribution in [-0.2, 0) is 5.60 Å². The molecule has 146 valence electrons. The van der Waals surface area contributed by atoms with E-state index in [2.05, 4.69) is 26.0 Å². The molecule has 1 aromatic heterocycles. The van der Waals surface area contributed by atoms with Crippen molar-refractivity contribution in [2.24, 2.45) is 22.7 Å². The zero-order valence-corrected chi connectivity index (χ0v) is 16.2. The number of fused-ring (bicyclic) bond motifs is 5. The van der Waals surface area contributed by atoms with E-state index < -0.39 is 16.6 Å². The summed E-state index contributed by atoms with van der Waals surface area (Å²) < 4.78 is 5.27. The smallest absolute Gasteiger partial charge is 0.101 e. The maximum Gasteiger partial charge on any atom is 0.101 e. The summed E-state index contributed by atoms with van der Waals surface area (Å²) in [6, 6.07) is 1.84. The van der Waals surface area contributed by atoms with Crippen LogP contribution in [0.4, 0.5) is 0 Å². The fraction of sp³-hybridized carbons (Fsp3) is 0.652. The van der Waals surface area contributed by atoms with Crippen LogP contribution in [0.3, 0.4) is 0 Å². The maximum absolute atomic E-state index is 12.0. The van der Waals surface area contributed by atoms with Gasteiger partial charge in [0.2, 0.25) is 0 Å². The molecule has 4 aliphatic rings. The Bertz CT molecular complexity index is 810. The van der Waals surface area contributed by atoms with Crippen LogP contribution in [-0.4, -0.2) is 27.0 Å². The van der Waals surface area contributed by atoms with Gasteiger partial charge in [-0.1, -0.05) is 32.1 Å². The molecule has 0 unspecified atom stereocenters. The van der Waals surface area contributed by atoms with Gasteiger partial charge < -0.3 is 19.7 Å². The second kappa shape index (κ2) is 5.37. The van der Waals surface area contributed by atoms with Gasteiger partial charge in [0.25, 0.3) is 0 Å². The van der Waals surface area contributed by atoms with Crippen LogP contribution in [0.1, 0.15) is 57.9 Å². The lowest BCUT2D eigenvalue weighted by Gasteiger charge is -2.60. The molecule has 4 nitrogen and oxygen atoms in total. The molecule has 2 fully saturated rings. The molecule has 4 heteroatoms. The third-order valence-corrected chi connectivity index (χ3v) is 8.97. The van der Waals surface area contributed by atoms with Crippen molar-refractivity contribution >= 4 is 0 Å².